The summed E-state index contributed by atoms with van der Waals surface area (Å²) in [6.07, 6.45) is 4.29. The van der Waals surface area contributed by atoms with Gasteiger partial charge in [0.1, 0.15) is 0 Å². The van der Waals surface area contributed by atoms with Gasteiger partial charge in [-0.1, -0.05) is 0 Å². The smallest absolute Gasteiger partial charge is 0.229 e. The lowest BCUT2D eigenvalue weighted by atomic mass is 10.1. The Bertz CT molecular complexity index is 557. The predicted octanol–water partition coefficient (Wildman–Crippen LogP) is 1.66. The molecule has 106 valence electrons. The molecule has 0 spiro atoms. The van der Waals surface area contributed by atoms with E-state index in [-0.39, 0.29) is 0 Å². The van der Waals surface area contributed by atoms with E-state index < -0.39 is 10.0 Å². The van der Waals surface area contributed by atoms with Gasteiger partial charge in [0.05, 0.1) is 11.9 Å². The minimum absolute atomic E-state index is 0.296. The van der Waals surface area contributed by atoms with E-state index in [2.05, 4.69) is 10.0 Å². The molecule has 0 radical (unpaired) electrons. The number of aryl methyl sites for hydroxylation is 1. The Morgan fingerprint density at radius 3 is 2.58 bits per heavy atom. The lowest BCUT2D eigenvalue weighted by Gasteiger charge is -2.16. The number of nitrogens with two attached hydrogens (primary N) is 1. The summed E-state index contributed by atoms with van der Waals surface area (Å²) in [5.41, 5.74) is 8.42. The molecule has 1 aromatic rings. The summed E-state index contributed by atoms with van der Waals surface area (Å²) in [6, 6.07) is 6.35. The molecular formula is C13H21N3O2S. The first-order valence-electron chi connectivity index (χ1n) is 6.44. The van der Waals surface area contributed by atoms with Crippen molar-refractivity contribution in [3.8, 4) is 0 Å². The molecule has 1 aliphatic carbocycles. The highest BCUT2D eigenvalue weighted by Crippen LogP contribution is 2.25. The van der Waals surface area contributed by atoms with E-state index in [9.17, 15) is 8.42 Å². The fourth-order valence-electron chi connectivity index (χ4n) is 2.45. The van der Waals surface area contributed by atoms with Crippen LogP contribution >= 0.6 is 0 Å². The Balaban J connectivity index is 2.06. The number of hydrogen-bond donors (Lipinski definition) is 3. The molecule has 0 saturated heterocycles. The van der Waals surface area contributed by atoms with Gasteiger partial charge >= 0.3 is 0 Å². The van der Waals surface area contributed by atoms with E-state index >= 15 is 0 Å². The molecule has 1 saturated carbocycles. The van der Waals surface area contributed by atoms with Crippen LogP contribution < -0.4 is 15.8 Å². The summed E-state index contributed by atoms with van der Waals surface area (Å²) in [6.45, 7) is 1.89. The summed E-state index contributed by atoms with van der Waals surface area (Å²) in [7, 11) is -3.23. The van der Waals surface area contributed by atoms with Gasteiger partial charge in [0, 0.05) is 17.8 Å². The molecule has 2 unspecified atom stereocenters. The second-order valence-corrected chi connectivity index (χ2v) is 7.07. The van der Waals surface area contributed by atoms with Crippen LogP contribution in [0.4, 0.5) is 11.4 Å². The van der Waals surface area contributed by atoms with Crippen molar-refractivity contribution in [2.45, 2.75) is 38.3 Å². The average Bonchev–Trinajstić information content (AvgIpc) is 2.66. The second-order valence-electron chi connectivity index (χ2n) is 5.32. The topological polar surface area (TPSA) is 84.2 Å². The van der Waals surface area contributed by atoms with Crippen molar-refractivity contribution in [3.63, 3.8) is 0 Å². The van der Waals surface area contributed by atoms with Crippen LogP contribution in [0.2, 0.25) is 0 Å². The minimum atomic E-state index is -3.23. The zero-order valence-corrected chi connectivity index (χ0v) is 12.1. The fourth-order valence-corrected chi connectivity index (χ4v) is 3.08. The van der Waals surface area contributed by atoms with Crippen molar-refractivity contribution in [3.05, 3.63) is 23.8 Å². The first-order valence-corrected chi connectivity index (χ1v) is 8.33. The van der Waals surface area contributed by atoms with Crippen LogP contribution in [0.25, 0.3) is 0 Å². The van der Waals surface area contributed by atoms with Gasteiger partial charge in [-0.3, -0.25) is 4.72 Å². The van der Waals surface area contributed by atoms with Gasteiger partial charge in [0.2, 0.25) is 10.0 Å². The zero-order valence-electron chi connectivity index (χ0n) is 11.3. The van der Waals surface area contributed by atoms with Crippen LogP contribution in [-0.2, 0) is 10.0 Å². The highest BCUT2D eigenvalue weighted by Gasteiger charge is 2.21. The third-order valence-electron chi connectivity index (χ3n) is 3.37. The van der Waals surface area contributed by atoms with E-state index in [1.165, 1.54) is 0 Å². The molecule has 1 fully saturated rings. The van der Waals surface area contributed by atoms with Gasteiger partial charge in [-0.2, -0.15) is 0 Å². The monoisotopic (exact) mass is 283 g/mol. The second kappa shape index (κ2) is 5.38. The van der Waals surface area contributed by atoms with E-state index in [0.717, 1.165) is 36.8 Å². The van der Waals surface area contributed by atoms with E-state index in [1.807, 2.05) is 19.1 Å². The van der Waals surface area contributed by atoms with Crippen molar-refractivity contribution < 1.29 is 8.42 Å². The highest BCUT2D eigenvalue weighted by molar-refractivity contribution is 7.92. The number of sulfonamides is 1. The third kappa shape index (κ3) is 4.11. The molecule has 2 rings (SSSR count). The van der Waals surface area contributed by atoms with Gasteiger partial charge in [-0.05, 0) is 49.9 Å². The minimum Gasteiger partial charge on any atom is -0.382 e. The average molecular weight is 283 g/mol. The molecule has 5 nitrogen and oxygen atoms in total. The maximum absolute atomic E-state index is 11.2. The van der Waals surface area contributed by atoms with Gasteiger partial charge in [-0.15, -0.1) is 0 Å². The molecular weight excluding hydrogens is 262 g/mol. The lowest BCUT2D eigenvalue weighted by Crippen LogP contribution is -2.20. The fraction of sp³-hybridized carbons (Fsp3) is 0.538. The van der Waals surface area contributed by atoms with Crippen molar-refractivity contribution in [1.29, 1.82) is 0 Å². The SMILES string of the molecule is Cc1cc(NC2CCC(N)C2)ccc1NS(C)(=O)=O. The summed E-state index contributed by atoms with van der Waals surface area (Å²) in [5.74, 6) is 0. The van der Waals surface area contributed by atoms with E-state index in [0.29, 0.717) is 17.8 Å². The van der Waals surface area contributed by atoms with Crippen molar-refractivity contribution >= 4 is 21.4 Å². The first kappa shape index (κ1) is 14.1. The Labute approximate surface area is 114 Å². The maximum Gasteiger partial charge on any atom is 0.229 e. The quantitative estimate of drug-likeness (QED) is 0.784. The lowest BCUT2D eigenvalue weighted by molar-refractivity contribution is 0.606. The largest absolute Gasteiger partial charge is 0.382 e. The molecule has 0 aliphatic heterocycles. The van der Waals surface area contributed by atoms with Crippen molar-refractivity contribution in [2.75, 3.05) is 16.3 Å². The molecule has 1 aliphatic rings. The van der Waals surface area contributed by atoms with Crippen molar-refractivity contribution in [2.24, 2.45) is 5.73 Å². The van der Waals surface area contributed by atoms with Crippen LogP contribution in [0.3, 0.4) is 0 Å². The molecule has 0 aromatic heterocycles. The van der Waals surface area contributed by atoms with Crippen LogP contribution in [0, 0.1) is 6.92 Å². The Morgan fingerprint density at radius 2 is 2.05 bits per heavy atom. The Morgan fingerprint density at radius 1 is 1.32 bits per heavy atom. The molecule has 0 heterocycles. The van der Waals surface area contributed by atoms with Crippen LogP contribution in [0.5, 0.6) is 0 Å². The molecule has 0 bridgehead atoms. The van der Waals surface area contributed by atoms with Gasteiger partial charge in [0.15, 0.2) is 0 Å². The maximum atomic E-state index is 11.2. The number of rotatable bonds is 4. The zero-order chi connectivity index (χ0) is 14.0. The predicted molar refractivity (Wildman–Crippen MR) is 78.9 cm³/mol. The summed E-state index contributed by atoms with van der Waals surface area (Å²) < 4.78 is 24.9. The third-order valence-corrected chi connectivity index (χ3v) is 3.96. The number of nitrogens with one attached hydrogen (secondary N) is 2. The first-order chi connectivity index (χ1) is 8.83. The van der Waals surface area contributed by atoms with Gasteiger partial charge < -0.3 is 11.1 Å². The molecule has 19 heavy (non-hydrogen) atoms. The Kier molecular flexibility index (Phi) is 4.01. The normalized spacial score (nSPS) is 23.3. The molecule has 1 aromatic carbocycles. The van der Waals surface area contributed by atoms with Gasteiger partial charge in [-0.25, -0.2) is 8.42 Å². The highest BCUT2D eigenvalue weighted by atomic mass is 32.2. The molecule has 0 amide bonds. The van der Waals surface area contributed by atoms with E-state index in [1.54, 1.807) is 6.07 Å². The van der Waals surface area contributed by atoms with Crippen LogP contribution in [-0.4, -0.2) is 26.8 Å². The Hall–Kier alpha value is -1.27. The van der Waals surface area contributed by atoms with Crippen LogP contribution in [0.15, 0.2) is 18.2 Å². The standard InChI is InChI=1S/C13H21N3O2S/c1-9-7-11(15-12-4-3-10(14)8-12)5-6-13(9)16-19(2,17)18/h5-7,10,12,15-16H,3-4,8,14H2,1-2H3. The molecule has 6 heteroatoms. The summed E-state index contributed by atoms with van der Waals surface area (Å²) in [4.78, 5) is 0. The van der Waals surface area contributed by atoms with Crippen LogP contribution in [0.1, 0.15) is 24.8 Å². The summed E-state index contributed by atoms with van der Waals surface area (Å²) in [5, 5.41) is 3.44. The molecule has 2 atom stereocenters. The molecule has 4 N–H and O–H groups in total. The number of hydrogen-bond acceptors (Lipinski definition) is 4. The van der Waals surface area contributed by atoms with E-state index in [4.69, 9.17) is 5.73 Å². The van der Waals surface area contributed by atoms with Gasteiger partial charge in [0.25, 0.3) is 0 Å². The number of benzene rings is 1. The van der Waals surface area contributed by atoms with Crippen molar-refractivity contribution in [1.82, 2.24) is 0 Å². The summed E-state index contributed by atoms with van der Waals surface area (Å²) >= 11 is 0. The number of anilines is 2.